The van der Waals surface area contributed by atoms with Crippen molar-refractivity contribution in [2.45, 2.75) is 64.0 Å². The minimum absolute atomic E-state index is 0.406. The third-order valence-corrected chi connectivity index (χ3v) is 3.77. The normalized spacial score (nSPS) is 22.6. The highest BCUT2D eigenvalue weighted by atomic mass is 16.5. The van der Waals surface area contributed by atoms with Gasteiger partial charge in [0.2, 0.25) is 0 Å². The zero-order valence-electron chi connectivity index (χ0n) is 10.6. The van der Waals surface area contributed by atoms with Gasteiger partial charge in [-0.15, -0.1) is 0 Å². The largest absolute Gasteiger partial charge is 0.380 e. The van der Waals surface area contributed by atoms with E-state index < -0.39 is 0 Å². The molecule has 0 aliphatic heterocycles. The molecule has 0 aromatic rings. The second-order valence-corrected chi connectivity index (χ2v) is 4.78. The molecule has 0 saturated heterocycles. The van der Waals surface area contributed by atoms with Crippen LogP contribution in [0.1, 0.15) is 51.9 Å². The Kier molecular flexibility index (Phi) is 6.26. The highest BCUT2D eigenvalue weighted by Gasteiger charge is 2.28. The summed E-state index contributed by atoms with van der Waals surface area (Å²) in [6, 6.07) is 0.565. The van der Waals surface area contributed by atoms with E-state index in [1.807, 2.05) is 7.11 Å². The smallest absolute Gasteiger partial charge is 0.0726 e. The highest BCUT2D eigenvalue weighted by molar-refractivity contribution is 4.84. The number of ether oxygens (including phenoxy) is 1. The molecule has 1 fully saturated rings. The second-order valence-electron chi connectivity index (χ2n) is 4.78. The van der Waals surface area contributed by atoms with Crippen LogP contribution in [-0.4, -0.2) is 26.3 Å². The Bertz CT molecular complexity index is 150. The first kappa shape index (κ1) is 13.0. The van der Waals surface area contributed by atoms with Gasteiger partial charge in [0, 0.05) is 13.2 Å². The number of likely N-dealkylation sites (N-methyl/N-ethyl adjacent to an activating group) is 1. The maximum absolute atomic E-state index is 5.63. The summed E-state index contributed by atoms with van der Waals surface area (Å²) in [5, 5.41) is 3.48. The zero-order valence-corrected chi connectivity index (χ0v) is 10.6. The van der Waals surface area contributed by atoms with Crippen LogP contribution in [0.5, 0.6) is 0 Å². The molecular formula is C13H27NO. The Morgan fingerprint density at radius 2 is 1.93 bits per heavy atom. The molecule has 0 radical (unpaired) electrons. The van der Waals surface area contributed by atoms with Gasteiger partial charge in [-0.25, -0.2) is 0 Å². The molecule has 1 aliphatic rings. The quantitative estimate of drug-likeness (QED) is 0.732. The Balaban J connectivity index is 2.50. The zero-order chi connectivity index (χ0) is 11.1. The van der Waals surface area contributed by atoms with Crippen molar-refractivity contribution in [2.24, 2.45) is 5.92 Å². The van der Waals surface area contributed by atoms with Crippen LogP contribution in [-0.2, 0) is 4.74 Å². The van der Waals surface area contributed by atoms with Gasteiger partial charge < -0.3 is 10.1 Å². The van der Waals surface area contributed by atoms with Crippen molar-refractivity contribution < 1.29 is 4.74 Å². The van der Waals surface area contributed by atoms with Gasteiger partial charge in [-0.2, -0.15) is 0 Å². The summed E-state index contributed by atoms with van der Waals surface area (Å²) in [5.41, 5.74) is 0. The lowest BCUT2D eigenvalue weighted by atomic mass is 9.81. The van der Waals surface area contributed by atoms with E-state index in [0.29, 0.717) is 12.1 Å². The van der Waals surface area contributed by atoms with E-state index in [4.69, 9.17) is 4.74 Å². The van der Waals surface area contributed by atoms with E-state index >= 15 is 0 Å². The van der Waals surface area contributed by atoms with Crippen molar-refractivity contribution in [3.8, 4) is 0 Å². The van der Waals surface area contributed by atoms with Crippen molar-refractivity contribution >= 4 is 0 Å². The van der Waals surface area contributed by atoms with Gasteiger partial charge in [-0.1, -0.05) is 32.6 Å². The van der Waals surface area contributed by atoms with E-state index in [9.17, 15) is 0 Å². The highest BCUT2D eigenvalue weighted by Crippen LogP contribution is 2.29. The summed E-state index contributed by atoms with van der Waals surface area (Å²) in [4.78, 5) is 0. The Labute approximate surface area is 94.8 Å². The summed E-state index contributed by atoms with van der Waals surface area (Å²) in [7, 11) is 3.94. The first-order chi connectivity index (χ1) is 7.33. The molecule has 2 unspecified atom stereocenters. The molecule has 2 nitrogen and oxygen atoms in total. The number of hydrogen-bond donors (Lipinski definition) is 1. The minimum Gasteiger partial charge on any atom is -0.380 e. The number of nitrogens with one attached hydrogen (secondary N) is 1. The third kappa shape index (κ3) is 3.76. The van der Waals surface area contributed by atoms with Crippen LogP contribution in [0.15, 0.2) is 0 Å². The molecule has 1 rings (SSSR count). The van der Waals surface area contributed by atoms with Crippen molar-refractivity contribution in [2.75, 3.05) is 14.2 Å². The molecule has 1 N–H and O–H groups in total. The van der Waals surface area contributed by atoms with Crippen LogP contribution in [0.25, 0.3) is 0 Å². The maximum Gasteiger partial charge on any atom is 0.0726 e. The van der Waals surface area contributed by atoms with E-state index in [1.54, 1.807) is 0 Å². The van der Waals surface area contributed by atoms with Crippen molar-refractivity contribution in [1.29, 1.82) is 0 Å². The summed E-state index contributed by atoms with van der Waals surface area (Å²) >= 11 is 0. The van der Waals surface area contributed by atoms with E-state index in [2.05, 4.69) is 19.3 Å². The van der Waals surface area contributed by atoms with Gasteiger partial charge in [0.25, 0.3) is 0 Å². The average Bonchev–Trinajstić information content (AvgIpc) is 2.30. The molecule has 1 saturated carbocycles. The molecule has 0 aromatic carbocycles. The molecule has 90 valence electrons. The van der Waals surface area contributed by atoms with Gasteiger partial charge in [-0.05, 0) is 32.2 Å². The summed E-state index contributed by atoms with van der Waals surface area (Å²) < 4.78 is 5.63. The molecule has 2 atom stereocenters. The van der Waals surface area contributed by atoms with Crippen LogP contribution < -0.4 is 5.32 Å². The Morgan fingerprint density at radius 3 is 2.40 bits per heavy atom. The topological polar surface area (TPSA) is 21.3 Å². The number of methoxy groups -OCH3 is 1. The van der Waals surface area contributed by atoms with Crippen LogP contribution in [0.2, 0.25) is 0 Å². The lowest BCUT2D eigenvalue weighted by Gasteiger charge is -2.35. The van der Waals surface area contributed by atoms with Crippen molar-refractivity contribution in [3.05, 3.63) is 0 Å². The van der Waals surface area contributed by atoms with Crippen LogP contribution >= 0.6 is 0 Å². The van der Waals surface area contributed by atoms with Gasteiger partial charge in [-0.3, -0.25) is 0 Å². The fourth-order valence-electron chi connectivity index (χ4n) is 2.95. The minimum atomic E-state index is 0.406. The van der Waals surface area contributed by atoms with Crippen molar-refractivity contribution in [1.82, 2.24) is 5.32 Å². The molecule has 0 amide bonds. The average molecular weight is 213 g/mol. The van der Waals surface area contributed by atoms with Gasteiger partial charge in [0.05, 0.1) is 6.10 Å². The second kappa shape index (κ2) is 7.24. The molecule has 1 aliphatic carbocycles. The Hall–Kier alpha value is -0.0800. The van der Waals surface area contributed by atoms with Gasteiger partial charge in [0.1, 0.15) is 0 Å². The van der Waals surface area contributed by atoms with E-state index in [0.717, 1.165) is 5.92 Å². The standard InChI is InChI=1S/C13H27NO/c1-4-8-12(15-3)13(14-2)11-9-6-5-7-10-11/h11-14H,4-10H2,1-3H3. The van der Waals surface area contributed by atoms with Crippen LogP contribution in [0.4, 0.5) is 0 Å². The molecule has 0 aromatic heterocycles. The summed E-state index contributed by atoms with van der Waals surface area (Å²) in [6.45, 7) is 2.24. The summed E-state index contributed by atoms with van der Waals surface area (Å²) in [5.74, 6) is 0.834. The maximum atomic E-state index is 5.63. The van der Waals surface area contributed by atoms with Crippen molar-refractivity contribution in [3.63, 3.8) is 0 Å². The molecule has 15 heavy (non-hydrogen) atoms. The molecule has 2 heteroatoms. The SMILES string of the molecule is CCCC(OC)C(NC)C1CCCCC1. The monoisotopic (exact) mass is 213 g/mol. The predicted molar refractivity (Wildman–Crippen MR) is 65.1 cm³/mol. The molecular weight excluding hydrogens is 186 g/mol. The lowest BCUT2D eigenvalue weighted by Crippen LogP contribution is -2.45. The summed E-state index contributed by atoms with van der Waals surface area (Å²) in [6.07, 6.45) is 9.81. The molecule has 0 spiro atoms. The van der Waals surface area contributed by atoms with E-state index in [1.165, 1.54) is 44.9 Å². The Morgan fingerprint density at radius 1 is 1.27 bits per heavy atom. The first-order valence-electron chi connectivity index (χ1n) is 6.53. The number of rotatable bonds is 6. The fraction of sp³-hybridized carbons (Fsp3) is 1.00. The molecule has 0 bridgehead atoms. The van der Waals surface area contributed by atoms with Crippen LogP contribution in [0, 0.1) is 5.92 Å². The third-order valence-electron chi connectivity index (χ3n) is 3.77. The van der Waals surface area contributed by atoms with Gasteiger partial charge >= 0.3 is 0 Å². The van der Waals surface area contributed by atoms with Gasteiger partial charge in [0.15, 0.2) is 0 Å². The lowest BCUT2D eigenvalue weighted by molar-refractivity contribution is 0.0358. The molecule has 0 heterocycles. The fourth-order valence-corrected chi connectivity index (χ4v) is 2.95. The predicted octanol–water partition coefficient (Wildman–Crippen LogP) is 2.97. The number of hydrogen-bond acceptors (Lipinski definition) is 2. The van der Waals surface area contributed by atoms with Crippen LogP contribution in [0.3, 0.4) is 0 Å². The first-order valence-corrected chi connectivity index (χ1v) is 6.53. The van der Waals surface area contributed by atoms with E-state index in [-0.39, 0.29) is 0 Å².